The SMILES string of the molecule is Cc1ccc(CNc2ccccc2CO)c(Br)c1. The molecular weight excluding hydrogens is 290 g/mol. The fourth-order valence-corrected chi connectivity index (χ4v) is 2.45. The Morgan fingerprint density at radius 1 is 1.11 bits per heavy atom. The lowest BCUT2D eigenvalue weighted by molar-refractivity contribution is 0.282. The van der Waals surface area contributed by atoms with Crippen LogP contribution in [0.25, 0.3) is 0 Å². The number of nitrogens with one attached hydrogen (secondary N) is 1. The van der Waals surface area contributed by atoms with Crippen molar-refractivity contribution in [1.82, 2.24) is 0 Å². The Labute approximate surface area is 116 Å². The average Bonchev–Trinajstić information content (AvgIpc) is 2.38. The van der Waals surface area contributed by atoms with Crippen LogP contribution in [0.2, 0.25) is 0 Å². The van der Waals surface area contributed by atoms with E-state index in [9.17, 15) is 5.11 Å². The number of aryl methyl sites for hydroxylation is 1. The summed E-state index contributed by atoms with van der Waals surface area (Å²) in [4.78, 5) is 0. The van der Waals surface area contributed by atoms with Crippen molar-refractivity contribution in [2.45, 2.75) is 20.1 Å². The lowest BCUT2D eigenvalue weighted by Gasteiger charge is -2.11. The van der Waals surface area contributed by atoms with Gasteiger partial charge in [-0.3, -0.25) is 0 Å². The van der Waals surface area contributed by atoms with Gasteiger partial charge in [0.25, 0.3) is 0 Å². The molecule has 2 aromatic carbocycles. The van der Waals surface area contributed by atoms with Crippen molar-refractivity contribution in [3.63, 3.8) is 0 Å². The summed E-state index contributed by atoms with van der Waals surface area (Å²) in [6.07, 6.45) is 0. The van der Waals surface area contributed by atoms with E-state index in [1.54, 1.807) is 0 Å². The number of hydrogen-bond donors (Lipinski definition) is 2. The maximum absolute atomic E-state index is 9.26. The maximum atomic E-state index is 9.26. The average molecular weight is 306 g/mol. The minimum absolute atomic E-state index is 0.0538. The third-order valence-electron chi connectivity index (χ3n) is 2.87. The summed E-state index contributed by atoms with van der Waals surface area (Å²) in [6, 6.07) is 14.1. The van der Waals surface area contributed by atoms with Gasteiger partial charge in [-0.25, -0.2) is 0 Å². The van der Waals surface area contributed by atoms with Crippen molar-refractivity contribution < 1.29 is 5.11 Å². The Hall–Kier alpha value is -1.32. The molecule has 0 aliphatic carbocycles. The van der Waals surface area contributed by atoms with E-state index in [2.05, 4.69) is 46.4 Å². The minimum atomic E-state index is 0.0538. The molecule has 0 amide bonds. The summed E-state index contributed by atoms with van der Waals surface area (Å²) >= 11 is 3.57. The normalized spacial score (nSPS) is 10.4. The largest absolute Gasteiger partial charge is 0.392 e. The van der Waals surface area contributed by atoms with Crippen LogP contribution in [0.15, 0.2) is 46.9 Å². The first kappa shape index (κ1) is 13.1. The van der Waals surface area contributed by atoms with Gasteiger partial charge in [-0.05, 0) is 30.2 Å². The van der Waals surface area contributed by atoms with Crippen molar-refractivity contribution in [2.24, 2.45) is 0 Å². The molecule has 0 saturated heterocycles. The quantitative estimate of drug-likeness (QED) is 0.899. The first-order valence-electron chi connectivity index (χ1n) is 5.88. The van der Waals surface area contributed by atoms with E-state index in [-0.39, 0.29) is 6.61 Å². The Morgan fingerprint density at radius 3 is 2.61 bits per heavy atom. The molecule has 0 saturated carbocycles. The molecule has 0 bridgehead atoms. The molecule has 0 radical (unpaired) electrons. The van der Waals surface area contributed by atoms with Crippen molar-refractivity contribution in [3.8, 4) is 0 Å². The molecule has 0 fully saturated rings. The minimum Gasteiger partial charge on any atom is -0.392 e. The molecule has 0 atom stereocenters. The number of para-hydroxylation sites is 1. The summed E-state index contributed by atoms with van der Waals surface area (Å²) in [5, 5.41) is 12.6. The van der Waals surface area contributed by atoms with Gasteiger partial charge in [0.1, 0.15) is 0 Å². The number of halogens is 1. The second-order valence-electron chi connectivity index (χ2n) is 4.26. The fourth-order valence-electron chi connectivity index (χ4n) is 1.82. The van der Waals surface area contributed by atoms with Gasteiger partial charge in [0.2, 0.25) is 0 Å². The molecular formula is C15H16BrNO. The summed E-state index contributed by atoms with van der Waals surface area (Å²) in [7, 11) is 0. The third-order valence-corrected chi connectivity index (χ3v) is 3.60. The van der Waals surface area contributed by atoms with Gasteiger partial charge in [0.05, 0.1) is 6.61 Å². The Kier molecular flexibility index (Phi) is 4.39. The van der Waals surface area contributed by atoms with E-state index in [1.807, 2.05) is 24.3 Å². The molecule has 0 spiro atoms. The first-order chi connectivity index (χ1) is 8.70. The van der Waals surface area contributed by atoms with Crippen LogP contribution < -0.4 is 5.32 Å². The number of aliphatic hydroxyl groups is 1. The van der Waals surface area contributed by atoms with Crippen LogP contribution >= 0.6 is 15.9 Å². The van der Waals surface area contributed by atoms with Crippen LogP contribution in [0.5, 0.6) is 0 Å². The van der Waals surface area contributed by atoms with E-state index in [1.165, 1.54) is 11.1 Å². The van der Waals surface area contributed by atoms with E-state index in [0.29, 0.717) is 0 Å². The fraction of sp³-hybridized carbons (Fsp3) is 0.200. The van der Waals surface area contributed by atoms with Crippen LogP contribution in [0.4, 0.5) is 5.69 Å². The van der Waals surface area contributed by atoms with Gasteiger partial charge in [0.15, 0.2) is 0 Å². The molecule has 2 nitrogen and oxygen atoms in total. The zero-order chi connectivity index (χ0) is 13.0. The number of hydrogen-bond acceptors (Lipinski definition) is 2. The number of benzene rings is 2. The van der Waals surface area contributed by atoms with E-state index >= 15 is 0 Å². The lowest BCUT2D eigenvalue weighted by atomic mass is 10.1. The number of aliphatic hydroxyl groups excluding tert-OH is 1. The van der Waals surface area contributed by atoms with E-state index in [4.69, 9.17) is 0 Å². The summed E-state index contributed by atoms with van der Waals surface area (Å²) < 4.78 is 1.11. The molecule has 18 heavy (non-hydrogen) atoms. The highest BCUT2D eigenvalue weighted by atomic mass is 79.9. The predicted octanol–water partition coefficient (Wildman–Crippen LogP) is 3.86. The number of rotatable bonds is 4. The smallest absolute Gasteiger partial charge is 0.0701 e. The Balaban J connectivity index is 2.11. The second kappa shape index (κ2) is 6.03. The van der Waals surface area contributed by atoms with Crippen LogP contribution in [0.1, 0.15) is 16.7 Å². The molecule has 0 aliphatic heterocycles. The van der Waals surface area contributed by atoms with Gasteiger partial charge < -0.3 is 10.4 Å². The van der Waals surface area contributed by atoms with Crippen LogP contribution in [0, 0.1) is 6.92 Å². The lowest BCUT2D eigenvalue weighted by Crippen LogP contribution is -2.03. The van der Waals surface area contributed by atoms with E-state index in [0.717, 1.165) is 22.3 Å². The Morgan fingerprint density at radius 2 is 1.89 bits per heavy atom. The maximum Gasteiger partial charge on any atom is 0.0701 e. The third kappa shape index (κ3) is 3.12. The van der Waals surface area contributed by atoms with Crippen molar-refractivity contribution in [3.05, 3.63) is 63.6 Å². The monoisotopic (exact) mass is 305 g/mol. The zero-order valence-corrected chi connectivity index (χ0v) is 11.9. The highest BCUT2D eigenvalue weighted by Crippen LogP contribution is 2.21. The molecule has 0 aromatic heterocycles. The topological polar surface area (TPSA) is 32.3 Å². The van der Waals surface area contributed by atoms with Crippen molar-refractivity contribution in [1.29, 1.82) is 0 Å². The number of anilines is 1. The predicted molar refractivity (Wildman–Crippen MR) is 78.6 cm³/mol. The molecule has 0 unspecified atom stereocenters. The highest BCUT2D eigenvalue weighted by molar-refractivity contribution is 9.10. The summed E-state index contributed by atoms with van der Waals surface area (Å²) in [6.45, 7) is 2.86. The molecule has 3 heteroatoms. The van der Waals surface area contributed by atoms with Crippen LogP contribution in [-0.2, 0) is 13.2 Å². The van der Waals surface area contributed by atoms with Crippen LogP contribution in [-0.4, -0.2) is 5.11 Å². The van der Waals surface area contributed by atoms with Gasteiger partial charge in [0, 0.05) is 22.3 Å². The van der Waals surface area contributed by atoms with Gasteiger partial charge in [-0.1, -0.05) is 46.3 Å². The molecule has 2 aromatic rings. The van der Waals surface area contributed by atoms with Crippen molar-refractivity contribution >= 4 is 21.6 Å². The van der Waals surface area contributed by atoms with Crippen molar-refractivity contribution in [2.75, 3.05) is 5.32 Å². The van der Waals surface area contributed by atoms with E-state index < -0.39 is 0 Å². The van der Waals surface area contributed by atoms with Gasteiger partial charge in [-0.15, -0.1) is 0 Å². The highest BCUT2D eigenvalue weighted by Gasteiger charge is 2.02. The first-order valence-corrected chi connectivity index (χ1v) is 6.67. The molecule has 94 valence electrons. The molecule has 2 rings (SSSR count). The second-order valence-corrected chi connectivity index (χ2v) is 5.12. The molecule has 2 N–H and O–H groups in total. The molecule has 0 aliphatic rings. The van der Waals surface area contributed by atoms with Gasteiger partial charge >= 0.3 is 0 Å². The standard InChI is InChI=1S/C15H16BrNO/c1-11-6-7-12(14(16)8-11)9-17-15-5-3-2-4-13(15)10-18/h2-8,17-18H,9-10H2,1H3. The Bertz CT molecular complexity index is 540. The molecule has 0 heterocycles. The summed E-state index contributed by atoms with van der Waals surface area (Å²) in [5.74, 6) is 0. The van der Waals surface area contributed by atoms with Crippen LogP contribution in [0.3, 0.4) is 0 Å². The summed E-state index contributed by atoms with van der Waals surface area (Å²) in [5.41, 5.74) is 4.34. The van der Waals surface area contributed by atoms with Gasteiger partial charge in [-0.2, -0.15) is 0 Å². The zero-order valence-electron chi connectivity index (χ0n) is 10.3.